The lowest BCUT2D eigenvalue weighted by Crippen LogP contribution is -1.96. The van der Waals surface area contributed by atoms with E-state index in [2.05, 4.69) is 467 Å². The van der Waals surface area contributed by atoms with Crippen LogP contribution in [-0.4, -0.2) is 18.3 Å². The van der Waals surface area contributed by atoms with Crippen molar-refractivity contribution in [3.8, 4) is 123 Å². The van der Waals surface area contributed by atoms with Gasteiger partial charge in [0.05, 0.1) is 55.5 Å². The maximum atomic E-state index is 7.60. The van der Waals surface area contributed by atoms with E-state index in [1.54, 1.807) is 0 Å². The second kappa shape index (κ2) is 28.4. The Hall–Kier alpha value is -16.8. The van der Waals surface area contributed by atoms with Gasteiger partial charge in [-0.1, -0.05) is 334 Å². The Balaban J connectivity index is 0.662. The monoisotopic (exact) mass is 1600 g/mol. The van der Waals surface area contributed by atoms with Crippen molar-refractivity contribution in [2.24, 2.45) is 0 Å². The number of nitrogens with zero attached hydrogens (tertiary/aromatic N) is 4. The van der Waals surface area contributed by atoms with Gasteiger partial charge in [0, 0.05) is 76.0 Å². The lowest BCUT2D eigenvalue weighted by molar-refractivity contribution is 0.666. The molecule has 26 rings (SSSR count). The van der Waals surface area contributed by atoms with E-state index in [1.165, 1.54) is 54.9 Å². The highest BCUT2D eigenvalue weighted by Gasteiger charge is 2.29. The molecule has 6 aromatic heterocycles. The van der Waals surface area contributed by atoms with Crippen LogP contribution in [0.5, 0.6) is 0 Å². The zero-order valence-electron chi connectivity index (χ0n) is 68.3. The number of rotatable bonds is 13. The highest BCUT2D eigenvalue weighted by Crippen LogP contribution is 2.52. The lowest BCUT2D eigenvalue weighted by atomic mass is 9.91. The van der Waals surface area contributed by atoms with Crippen LogP contribution >= 0.6 is 0 Å². The number of hydrogen-bond acceptors (Lipinski definition) is 2. The standard InChI is InChI=1S/C120H74N4O2/c1-5-30-75(31-6-1)79-38-25-40-84(70-79)121-105-65-60-81(72-99(105)100-74-83(61-66-106(100)121)88-50-27-57-108-114(88)96-47-18-22-54-103(96)123(108)110-67-63-93(117-98-49-20-24-59-112(98)125-119(110)117)89-44-15-13-42-86(89)77-34-9-3-10-35-77)82-62-69-113-101(73-82)118-94(90-45-16-14-43-87(90)78-36-11-4-12-37-78)64-68-111(120(118)126-113)124-104-55-23-19-48-97(104)116-92(52-29-58-109(116)124)91-51-28-56-107-115(91)95-46-17-21-53-102(95)122(107)85-41-26-39-80(71-85)76-32-7-2-8-33-76/h1-74H. The van der Waals surface area contributed by atoms with E-state index in [0.717, 1.165) is 199 Å². The van der Waals surface area contributed by atoms with Crippen LogP contribution in [0.1, 0.15) is 0 Å². The van der Waals surface area contributed by atoms with Gasteiger partial charge in [0.15, 0.2) is 11.2 Å². The third kappa shape index (κ3) is 11.0. The van der Waals surface area contributed by atoms with Crippen molar-refractivity contribution >= 4 is 131 Å². The van der Waals surface area contributed by atoms with Crippen molar-refractivity contribution in [1.29, 1.82) is 0 Å². The predicted octanol–water partition coefficient (Wildman–Crippen LogP) is 32.9. The Bertz CT molecular complexity index is 8960. The molecule has 20 aromatic carbocycles. The van der Waals surface area contributed by atoms with Crippen molar-refractivity contribution in [2.45, 2.75) is 0 Å². The first kappa shape index (κ1) is 71.0. The fraction of sp³-hybridized carbons (Fsp3) is 0. The Morgan fingerprint density at radius 2 is 0.452 bits per heavy atom. The maximum absolute atomic E-state index is 7.60. The minimum absolute atomic E-state index is 0.804. The minimum Gasteiger partial charge on any atom is -0.454 e. The molecule has 6 nitrogen and oxygen atoms in total. The van der Waals surface area contributed by atoms with Crippen LogP contribution in [-0.2, 0) is 0 Å². The first-order valence-electron chi connectivity index (χ1n) is 43.3. The number of para-hydroxylation sites is 4. The molecular formula is C120H74N4O2. The van der Waals surface area contributed by atoms with Gasteiger partial charge in [-0.3, -0.25) is 0 Å². The largest absolute Gasteiger partial charge is 0.454 e. The maximum Gasteiger partial charge on any atom is 0.160 e. The van der Waals surface area contributed by atoms with Crippen LogP contribution in [0.4, 0.5) is 0 Å². The summed E-state index contributed by atoms with van der Waals surface area (Å²) >= 11 is 0. The molecule has 0 spiro atoms. The quantitative estimate of drug-likeness (QED) is 0.115. The van der Waals surface area contributed by atoms with Gasteiger partial charge >= 0.3 is 0 Å². The predicted molar refractivity (Wildman–Crippen MR) is 527 cm³/mol. The highest BCUT2D eigenvalue weighted by molar-refractivity contribution is 6.26. The van der Waals surface area contributed by atoms with E-state index in [9.17, 15) is 0 Å². The molecule has 6 heteroatoms. The summed E-state index contributed by atoms with van der Waals surface area (Å²) < 4.78 is 24.6. The van der Waals surface area contributed by atoms with Crippen LogP contribution in [0, 0.1) is 0 Å². The zero-order chi connectivity index (χ0) is 82.6. The summed E-state index contributed by atoms with van der Waals surface area (Å²) in [4.78, 5) is 0. The fourth-order valence-corrected chi connectivity index (χ4v) is 20.9. The SMILES string of the molecule is c1ccc(-c2cccc(-n3c4ccc(-c5ccc6oc7c(-n8c9ccccc9c9c(-c%10cccc%11c%10c%10ccccc%10n%11-c%10cccc(-c%11ccccc%11)c%10)cccc98)ccc(-c8ccccc8-c8ccccc8)c7c6c5)cc4c4cc(-c5cccc6c5c5ccccc5n6-c5ccc(-c6ccccc6-c6ccccc6)c6c5oc5ccccc56)ccc43)c2)cc1. The van der Waals surface area contributed by atoms with Gasteiger partial charge in [-0.25, -0.2) is 0 Å². The highest BCUT2D eigenvalue weighted by atomic mass is 16.3. The molecule has 0 atom stereocenters. The molecule has 126 heavy (non-hydrogen) atoms. The number of hydrogen-bond donors (Lipinski definition) is 0. The van der Waals surface area contributed by atoms with Crippen LogP contribution < -0.4 is 0 Å². The molecule has 0 aliphatic rings. The van der Waals surface area contributed by atoms with E-state index >= 15 is 0 Å². The van der Waals surface area contributed by atoms with Crippen LogP contribution in [0.15, 0.2) is 458 Å². The van der Waals surface area contributed by atoms with Gasteiger partial charge in [-0.05, 0) is 215 Å². The van der Waals surface area contributed by atoms with Gasteiger partial charge in [0.1, 0.15) is 11.2 Å². The molecule has 0 saturated heterocycles. The number of benzene rings is 20. The molecule has 0 saturated carbocycles. The average molecular weight is 1600 g/mol. The van der Waals surface area contributed by atoms with Gasteiger partial charge in [-0.15, -0.1) is 0 Å². The topological polar surface area (TPSA) is 46.0 Å². The lowest BCUT2D eigenvalue weighted by Gasteiger charge is -2.15. The molecular weight excluding hydrogens is 1530 g/mol. The van der Waals surface area contributed by atoms with Crippen LogP contribution in [0.25, 0.3) is 254 Å². The van der Waals surface area contributed by atoms with E-state index in [-0.39, 0.29) is 0 Å². The second-order valence-corrected chi connectivity index (χ2v) is 33.2. The normalized spacial score (nSPS) is 12.0. The fourth-order valence-electron chi connectivity index (χ4n) is 20.9. The Labute approximate surface area is 725 Å². The number of furan rings is 2. The van der Waals surface area contributed by atoms with Crippen molar-refractivity contribution in [3.63, 3.8) is 0 Å². The summed E-state index contributed by atoms with van der Waals surface area (Å²) in [5.74, 6) is 0. The molecule has 0 unspecified atom stereocenters. The van der Waals surface area contributed by atoms with Gasteiger partial charge < -0.3 is 27.1 Å². The van der Waals surface area contributed by atoms with Crippen molar-refractivity contribution in [2.75, 3.05) is 0 Å². The Kier molecular flexibility index (Phi) is 16.0. The number of aromatic nitrogens is 4. The molecule has 0 aliphatic carbocycles. The average Bonchev–Trinajstić information content (AvgIpc) is 1.55. The van der Waals surface area contributed by atoms with Crippen molar-refractivity contribution in [3.05, 3.63) is 449 Å². The Morgan fingerprint density at radius 3 is 0.960 bits per heavy atom. The first-order valence-corrected chi connectivity index (χ1v) is 43.3. The zero-order valence-corrected chi connectivity index (χ0v) is 68.3. The van der Waals surface area contributed by atoms with E-state index in [0.29, 0.717) is 0 Å². The summed E-state index contributed by atoms with van der Waals surface area (Å²) in [5.41, 5.74) is 36.9. The molecule has 6 heterocycles. The van der Waals surface area contributed by atoms with Crippen molar-refractivity contribution in [1.82, 2.24) is 18.3 Å². The summed E-state index contributed by atoms with van der Waals surface area (Å²) in [5, 5.41) is 13.6. The van der Waals surface area contributed by atoms with Crippen LogP contribution in [0.3, 0.4) is 0 Å². The van der Waals surface area contributed by atoms with E-state index in [1.807, 2.05) is 0 Å². The third-order valence-corrected chi connectivity index (χ3v) is 26.4. The molecule has 0 fully saturated rings. The summed E-state index contributed by atoms with van der Waals surface area (Å²) in [6, 6.07) is 165. The Morgan fingerprint density at radius 1 is 0.143 bits per heavy atom. The molecule has 0 N–H and O–H groups in total. The molecule has 0 amide bonds. The molecule has 0 radical (unpaired) electrons. The second-order valence-electron chi connectivity index (χ2n) is 33.2. The van der Waals surface area contributed by atoms with Gasteiger partial charge in [-0.2, -0.15) is 0 Å². The molecule has 0 bridgehead atoms. The van der Waals surface area contributed by atoms with Gasteiger partial charge in [0.2, 0.25) is 0 Å². The molecule has 0 aliphatic heterocycles. The summed E-state index contributed by atoms with van der Waals surface area (Å²) in [6.45, 7) is 0. The molecule has 586 valence electrons. The van der Waals surface area contributed by atoms with Crippen LogP contribution in [0.2, 0.25) is 0 Å². The summed E-state index contributed by atoms with van der Waals surface area (Å²) in [7, 11) is 0. The third-order valence-electron chi connectivity index (χ3n) is 26.4. The van der Waals surface area contributed by atoms with Crippen molar-refractivity contribution < 1.29 is 8.83 Å². The first-order chi connectivity index (χ1) is 62.5. The number of fused-ring (bicyclic) bond motifs is 18. The van der Waals surface area contributed by atoms with E-state index < -0.39 is 0 Å². The minimum atomic E-state index is 0.804. The summed E-state index contributed by atoms with van der Waals surface area (Å²) in [6.07, 6.45) is 0. The smallest absolute Gasteiger partial charge is 0.160 e. The van der Waals surface area contributed by atoms with E-state index in [4.69, 9.17) is 8.83 Å². The molecule has 26 aromatic rings. The van der Waals surface area contributed by atoms with Gasteiger partial charge in [0.25, 0.3) is 0 Å².